The summed E-state index contributed by atoms with van der Waals surface area (Å²) in [5.74, 6) is -0.241. The number of hydrogen-bond donors (Lipinski definition) is 1. The number of phenols is 1. The molecule has 1 aliphatic heterocycles. The lowest BCUT2D eigenvalue weighted by atomic mass is 10.2. The normalized spacial score (nSPS) is 15.8. The predicted molar refractivity (Wildman–Crippen MR) is 87.9 cm³/mol. The van der Waals surface area contributed by atoms with Crippen molar-refractivity contribution in [1.29, 1.82) is 0 Å². The van der Waals surface area contributed by atoms with Gasteiger partial charge in [0.25, 0.3) is 0 Å². The fraction of sp³-hybridized carbons (Fsp3) is 0. The molecule has 3 rings (SSSR count). The van der Waals surface area contributed by atoms with Crippen LogP contribution in [0.1, 0.15) is 11.1 Å². The molecule has 2 aromatic carbocycles. The van der Waals surface area contributed by atoms with Gasteiger partial charge < -0.3 is 9.84 Å². The SMILES string of the molecule is O=C1OC(c2ccccc2Cl)=N/C1=C/c1ccc(O)c(Br)c1. The number of esters is 1. The fourth-order valence-corrected chi connectivity index (χ4v) is 2.54. The van der Waals surface area contributed by atoms with Crippen LogP contribution < -0.4 is 0 Å². The number of nitrogens with zero attached hydrogens (tertiary/aromatic N) is 1. The van der Waals surface area contributed by atoms with E-state index in [1.807, 2.05) is 0 Å². The maximum atomic E-state index is 11.9. The van der Waals surface area contributed by atoms with E-state index in [1.165, 1.54) is 6.07 Å². The van der Waals surface area contributed by atoms with Gasteiger partial charge in [-0.1, -0.05) is 29.8 Å². The number of phenolic OH excluding ortho intramolecular Hbond substituents is 1. The van der Waals surface area contributed by atoms with Gasteiger partial charge in [0, 0.05) is 0 Å². The second-order valence-corrected chi connectivity index (χ2v) is 5.79. The highest BCUT2D eigenvalue weighted by molar-refractivity contribution is 9.10. The summed E-state index contributed by atoms with van der Waals surface area (Å²) in [5, 5.41) is 9.94. The summed E-state index contributed by atoms with van der Waals surface area (Å²) < 4.78 is 5.70. The molecule has 0 bridgehead atoms. The van der Waals surface area contributed by atoms with Crippen LogP contribution in [-0.4, -0.2) is 17.0 Å². The number of carbonyl (C=O) groups is 1. The van der Waals surface area contributed by atoms with Gasteiger partial charge in [-0.15, -0.1) is 0 Å². The Morgan fingerprint density at radius 2 is 2.00 bits per heavy atom. The summed E-state index contributed by atoms with van der Waals surface area (Å²) in [6, 6.07) is 11.9. The van der Waals surface area contributed by atoms with Crippen LogP contribution in [0.3, 0.4) is 0 Å². The molecule has 2 aromatic rings. The zero-order valence-electron chi connectivity index (χ0n) is 11.1. The highest BCUT2D eigenvalue weighted by atomic mass is 79.9. The predicted octanol–water partition coefficient (Wildman–Crippen LogP) is 4.15. The van der Waals surface area contributed by atoms with E-state index in [4.69, 9.17) is 16.3 Å². The van der Waals surface area contributed by atoms with Crippen molar-refractivity contribution in [3.8, 4) is 5.75 Å². The van der Waals surface area contributed by atoms with Crippen LogP contribution in [0.5, 0.6) is 5.75 Å². The summed E-state index contributed by atoms with van der Waals surface area (Å²) in [5.41, 5.74) is 1.45. The Bertz CT molecular complexity index is 830. The molecule has 4 nitrogen and oxygen atoms in total. The molecular formula is C16H9BrClNO3. The third-order valence-electron chi connectivity index (χ3n) is 3.00. The average molecular weight is 379 g/mol. The summed E-state index contributed by atoms with van der Waals surface area (Å²) >= 11 is 9.29. The molecule has 6 heteroatoms. The number of aromatic hydroxyl groups is 1. The Balaban J connectivity index is 1.98. The quantitative estimate of drug-likeness (QED) is 0.631. The van der Waals surface area contributed by atoms with E-state index in [9.17, 15) is 9.90 Å². The van der Waals surface area contributed by atoms with Crippen molar-refractivity contribution in [3.63, 3.8) is 0 Å². The van der Waals surface area contributed by atoms with Crippen LogP contribution >= 0.6 is 27.5 Å². The Morgan fingerprint density at radius 1 is 1.23 bits per heavy atom. The first-order valence-corrected chi connectivity index (χ1v) is 7.47. The molecule has 110 valence electrons. The molecule has 0 saturated heterocycles. The molecule has 0 aliphatic carbocycles. The second-order valence-electron chi connectivity index (χ2n) is 4.53. The smallest absolute Gasteiger partial charge is 0.363 e. The number of cyclic esters (lactones) is 1. The van der Waals surface area contributed by atoms with Crippen LogP contribution in [0, 0.1) is 0 Å². The molecule has 1 heterocycles. The monoisotopic (exact) mass is 377 g/mol. The lowest BCUT2D eigenvalue weighted by Gasteiger charge is -2.00. The van der Waals surface area contributed by atoms with Gasteiger partial charge in [-0.25, -0.2) is 9.79 Å². The topological polar surface area (TPSA) is 58.9 Å². The first kappa shape index (κ1) is 14.8. The number of aliphatic imine (C=N–C) groups is 1. The van der Waals surface area contributed by atoms with Crippen LogP contribution in [0.2, 0.25) is 5.02 Å². The first-order valence-electron chi connectivity index (χ1n) is 6.30. The van der Waals surface area contributed by atoms with Gasteiger partial charge >= 0.3 is 5.97 Å². The van der Waals surface area contributed by atoms with Crippen molar-refractivity contribution >= 4 is 45.5 Å². The highest BCUT2D eigenvalue weighted by Crippen LogP contribution is 2.27. The Hall–Kier alpha value is -2.11. The number of rotatable bonds is 2. The van der Waals surface area contributed by atoms with Gasteiger partial charge in [-0.3, -0.25) is 0 Å². The van der Waals surface area contributed by atoms with Crippen LogP contribution in [-0.2, 0) is 9.53 Å². The maximum absolute atomic E-state index is 11.9. The van der Waals surface area contributed by atoms with Crippen molar-refractivity contribution in [2.24, 2.45) is 4.99 Å². The third-order valence-corrected chi connectivity index (χ3v) is 3.96. The fourth-order valence-electron chi connectivity index (χ4n) is 1.93. The van der Waals surface area contributed by atoms with Gasteiger partial charge in [0.2, 0.25) is 5.90 Å². The first-order chi connectivity index (χ1) is 10.5. The maximum Gasteiger partial charge on any atom is 0.363 e. The van der Waals surface area contributed by atoms with Crippen LogP contribution in [0.25, 0.3) is 6.08 Å². The Labute approximate surface area is 139 Å². The number of hydrogen-bond acceptors (Lipinski definition) is 4. The summed E-state index contributed by atoms with van der Waals surface area (Å²) in [4.78, 5) is 16.1. The minimum absolute atomic E-state index is 0.122. The van der Waals surface area contributed by atoms with E-state index >= 15 is 0 Å². The molecule has 1 N–H and O–H groups in total. The van der Waals surface area contributed by atoms with Crippen molar-refractivity contribution in [3.05, 3.63) is 68.8 Å². The molecule has 0 radical (unpaired) electrons. The molecule has 0 fully saturated rings. The van der Waals surface area contributed by atoms with E-state index in [0.29, 0.717) is 20.6 Å². The van der Waals surface area contributed by atoms with E-state index in [0.717, 1.165) is 0 Å². The van der Waals surface area contributed by atoms with Gasteiger partial charge in [0.1, 0.15) is 5.75 Å². The van der Waals surface area contributed by atoms with E-state index in [2.05, 4.69) is 20.9 Å². The van der Waals surface area contributed by atoms with Crippen LogP contribution in [0.4, 0.5) is 0 Å². The Morgan fingerprint density at radius 3 is 2.73 bits per heavy atom. The van der Waals surface area contributed by atoms with Crippen molar-refractivity contribution < 1.29 is 14.6 Å². The minimum Gasteiger partial charge on any atom is -0.507 e. The highest BCUT2D eigenvalue weighted by Gasteiger charge is 2.25. The number of benzene rings is 2. The lowest BCUT2D eigenvalue weighted by Crippen LogP contribution is -2.05. The third kappa shape index (κ3) is 2.91. The van der Waals surface area contributed by atoms with Gasteiger partial charge in [-0.2, -0.15) is 0 Å². The standard InChI is InChI=1S/C16H9BrClNO3/c17-11-7-9(5-6-14(11)20)8-13-16(21)22-15(19-13)10-3-1-2-4-12(10)18/h1-8,20H/b13-8+. The van der Waals surface area contributed by atoms with Gasteiger partial charge in [0.15, 0.2) is 5.70 Å². The van der Waals surface area contributed by atoms with Crippen molar-refractivity contribution in [2.45, 2.75) is 0 Å². The molecular weight excluding hydrogens is 370 g/mol. The lowest BCUT2D eigenvalue weighted by molar-refractivity contribution is -0.129. The molecule has 0 atom stereocenters. The van der Waals surface area contributed by atoms with Crippen LogP contribution in [0.15, 0.2) is 57.6 Å². The van der Waals surface area contributed by atoms with Crippen molar-refractivity contribution in [1.82, 2.24) is 0 Å². The van der Waals surface area contributed by atoms with E-state index in [1.54, 1.807) is 42.5 Å². The largest absolute Gasteiger partial charge is 0.507 e. The average Bonchev–Trinajstić information content (AvgIpc) is 2.84. The molecule has 0 unspecified atom stereocenters. The molecule has 0 aromatic heterocycles. The minimum atomic E-state index is -0.542. The zero-order chi connectivity index (χ0) is 15.7. The summed E-state index contributed by atoms with van der Waals surface area (Å²) in [7, 11) is 0. The molecule has 0 amide bonds. The zero-order valence-corrected chi connectivity index (χ0v) is 13.4. The number of halogens is 2. The Kier molecular flexibility index (Phi) is 4.00. The summed E-state index contributed by atoms with van der Waals surface area (Å²) in [6.45, 7) is 0. The number of ether oxygens (including phenoxy) is 1. The van der Waals surface area contributed by atoms with Gasteiger partial charge in [0.05, 0.1) is 15.1 Å². The summed E-state index contributed by atoms with van der Waals surface area (Å²) in [6.07, 6.45) is 1.58. The molecule has 0 saturated carbocycles. The number of carbonyl (C=O) groups excluding carboxylic acids is 1. The molecule has 22 heavy (non-hydrogen) atoms. The molecule has 0 spiro atoms. The van der Waals surface area contributed by atoms with Crippen molar-refractivity contribution in [2.75, 3.05) is 0 Å². The van der Waals surface area contributed by atoms with E-state index < -0.39 is 5.97 Å². The van der Waals surface area contributed by atoms with E-state index in [-0.39, 0.29) is 17.3 Å². The second kappa shape index (κ2) is 5.94. The van der Waals surface area contributed by atoms with Gasteiger partial charge in [-0.05, 0) is 51.8 Å². The molecule has 1 aliphatic rings.